The zero-order valence-corrected chi connectivity index (χ0v) is 25.2. The summed E-state index contributed by atoms with van der Waals surface area (Å²) in [5.41, 5.74) is 2.82. The molecule has 3 aromatic carbocycles. The second-order valence-corrected chi connectivity index (χ2v) is 12.8. The van der Waals surface area contributed by atoms with Gasteiger partial charge in [0.05, 0.1) is 29.6 Å². The number of hydrogen-bond acceptors (Lipinski definition) is 6. The van der Waals surface area contributed by atoms with Crippen molar-refractivity contribution in [3.05, 3.63) is 117 Å². The van der Waals surface area contributed by atoms with Crippen molar-refractivity contribution in [2.45, 2.75) is 30.2 Å². The molecule has 1 fully saturated rings. The van der Waals surface area contributed by atoms with Crippen LogP contribution in [-0.2, 0) is 21.3 Å². The fourth-order valence-corrected chi connectivity index (χ4v) is 5.89. The number of hydrogen-bond donors (Lipinski definition) is 3. The van der Waals surface area contributed by atoms with Gasteiger partial charge in [-0.1, -0.05) is 36.4 Å². The number of anilines is 2. The fraction of sp³-hybridized carbons (Fsp3) is 0.200. The Kier molecular flexibility index (Phi) is 9.46. The molecule has 3 N–H and O–H groups in total. The zero-order chi connectivity index (χ0) is 29.7. The molecule has 0 aliphatic heterocycles. The Morgan fingerprint density at radius 1 is 1.00 bits per heavy atom. The standard InChI is InChI=1S/C30H27F2IN4O4S/c31-27-26(42(39,40)37-25(24-8-4-5-15-34-24)16-19-6-2-1-3-7-19)17-23(30(38)36-41-18-20-9-10-20)29(28(27)32)35-22-13-11-21(33)12-14-22/h1-8,11-15,17,20,25,35,37H,9-10,16,18H2,(H,36,38). The minimum absolute atomic E-state index is 0.190. The van der Waals surface area contributed by atoms with Gasteiger partial charge in [0.1, 0.15) is 4.90 Å². The van der Waals surface area contributed by atoms with E-state index in [-0.39, 0.29) is 13.0 Å². The molecule has 8 nitrogen and oxygen atoms in total. The van der Waals surface area contributed by atoms with Crippen LogP contribution >= 0.6 is 22.6 Å². The Morgan fingerprint density at radius 3 is 2.38 bits per heavy atom. The van der Waals surface area contributed by atoms with Gasteiger partial charge in [0.2, 0.25) is 10.0 Å². The van der Waals surface area contributed by atoms with E-state index in [2.05, 4.69) is 43.1 Å². The molecule has 1 heterocycles. The Labute approximate surface area is 256 Å². The zero-order valence-electron chi connectivity index (χ0n) is 22.2. The van der Waals surface area contributed by atoms with Gasteiger partial charge in [0.15, 0.2) is 11.6 Å². The van der Waals surface area contributed by atoms with E-state index in [1.807, 2.05) is 30.3 Å². The molecule has 0 radical (unpaired) electrons. The lowest BCUT2D eigenvalue weighted by atomic mass is 10.0. The van der Waals surface area contributed by atoms with E-state index in [1.165, 1.54) is 6.20 Å². The average molecular weight is 705 g/mol. The molecule has 0 bridgehead atoms. The van der Waals surface area contributed by atoms with Crippen LogP contribution in [0.3, 0.4) is 0 Å². The van der Waals surface area contributed by atoms with E-state index in [0.29, 0.717) is 17.3 Å². The number of nitrogens with one attached hydrogen (secondary N) is 3. The molecule has 12 heteroatoms. The van der Waals surface area contributed by atoms with Crippen molar-refractivity contribution in [2.24, 2.45) is 5.92 Å². The van der Waals surface area contributed by atoms with Gasteiger partial charge in [0, 0.05) is 15.5 Å². The van der Waals surface area contributed by atoms with E-state index < -0.39 is 49.8 Å². The lowest BCUT2D eigenvalue weighted by molar-refractivity contribution is 0.0270. The molecular formula is C30H27F2IN4O4S. The first kappa shape index (κ1) is 30.0. The number of benzene rings is 3. The van der Waals surface area contributed by atoms with Crippen molar-refractivity contribution in [3.63, 3.8) is 0 Å². The number of sulfonamides is 1. The number of amides is 1. The Hall–Kier alpha value is -3.46. The third-order valence-corrected chi connectivity index (χ3v) is 8.82. The van der Waals surface area contributed by atoms with Crippen LogP contribution in [0, 0.1) is 21.1 Å². The van der Waals surface area contributed by atoms with Crippen LogP contribution < -0.4 is 15.5 Å². The number of hydroxylamine groups is 1. The summed E-state index contributed by atoms with van der Waals surface area (Å²) in [6, 6.07) is 20.7. The summed E-state index contributed by atoms with van der Waals surface area (Å²) >= 11 is 2.09. The molecule has 1 unspecified atom stereocenters. The summed E-state index contributed by atoms with van der Waals surface area (Å²) in [7, 11) is -4.71. The molecule has 42 heavy (non-hydrogen) atoms. The minimum atomic E-state index is -4.71. The third kappa shape index (κ3) is 7.48. The van der Waals surface area contributed by atoms with E-state index in [4.69, 9.17) is 4.84 Å². The van der Waals surface area contributed by atoms with Crippen molar-refractivity contribution in [1.29, 1.82) is 0 Å². The highest BCUT2D eigenvalue weighted by molar-refractivity contribution is 14.1. The second-order valence-electron chi connectivity index (χ2n) is 9.86. The summed E-state index contributed by atoms with van der Waals surface area (Å²) in [6.45, 7) is 0.257. The Balaban J connectivity index is 1.52. The van der Waals surface area contributed by atoms with Gasteiger partial charge in [0.25, 0.3) is 5.91 Å². The maximum absolute atomic E-state index is 15.7. The largest absolute Gasteiger partial charge is 0.352 e. The van der Waals surface area contributed by atoms with Crippen molar-refractivity contribution in [1.82, 2.24) is 15.2 Å². The van der Waals surface area contributed by atoms with Gasteiger partial charge < -0.3 is 5.32 Å². The molecule has 1 atom stereocenters. The van der Waals surface area contributed by atoms with Gasteiger partial charge in [-0.05, 0) is 95.8 Å². The van der Waals surface area contributed by atoms with Crippen LogP contribution in [0.15, 0.2) is 90.0 Å². The van der Waals surface area contributed by atoms with Crippen molar-refractivity contribution in [3.8, 4) is 0 Å². The van der Waals surface area contributed by atoms with E-state index >= 15 is 8.78 Å². The maximum atomic E-state index is 15.7. The van der Waals surface area contributed by atoms with E-state index in [9.17, 15) is 13.2 Å². The van der Waals surface area contributed by atoms with Crippen LogP contribution in [-0.4, -0.2) is 25.9 Å². The Bertz CT molecular complexity index is 1660. The highest BCUT2D eigenvalue weighted by atomic mass is 127. The first-order chi connectivity index (χ1) is 20.2. The van der Waals surface area contributed by atoms with Gasteiger partial charge >= 0.3 is 0 Å². The number of pyridine rings is 1. The molecule has 1 amide bonds. The summed E-state index contributed by atoms with van der Waals surface area (Å²) in [6.07, 6.45) is 3.64. The molecule has 5 rings (SSSR count). The van der Waals surface area contributed by atoms with Gasteiger partial charge in [-0.15, -0.1) is 0 Å². The molecular weight excluding hydrogens is 677 g/mol. The van der Waals surface area contributed by atoms with Gasteiger partial charge in [-0.25, -0.2) is 27.4 Å². The molecule has 1 aliphatic rings. The van der Waals surface area contributed by atoms with Crippen molar-refractivity contribution < 1.29 is 26.8 Å². The predicted octanol–water partition coefficient (Wildman–Crippen LogP) is 6.04. The normalized spacial score (nSPS) is 13.9. The fourth-order valence-electron chi connectivity index (χ4n) is 4.23. The number of rotatable bonds is 12. The van der Waals surface area contributed by atoms with E-state index in [0.717, 1.165) is 28.0 Å². The summed E-state index contributed by atoms with van der Waals surface area (Å²) in [5, 5.41) is 2.72. The quantitative estimate of drug-likeness (QED) is 0.123. The SMILES string of the molecule is O=C(NOCC1CC1)c1cc(S(=O)(=O)NC(Cc2ccccc2)c2ccccn2)c(F)c(F)c1Nc1ccc(I)cc1. The van der Waals surface area contributed by atoms with Crippen LogP contribution in [0.2, 0.25) is 0 Å². The highest BCUT2D eigenvalue weighted by Gasteiger charge is 2.32. The van der Waals surface area contributed by atoms with Crippen LogP contribution in [0.5, 0.6) is 0 Å². The topological polar surface area (TPSA) is 109 Å². The van der Waals surface area contributed by atoms with Crippen LogP contribution in [0.1, 0.15) is 40.5 Å². The number of nitrogens with zero attached hydrogens (tertiary/aromatic N) is 1. The van der Waals surface area contributed by atoms with Crippen molar-refractivity contribution >= 4 is 49.9 Å². The first-order valence-electron chi connectivity index (χ1n) is 13.1. The molecule has 1 aliphatic carbocycles. The molecule has 0 saturated heterocycles. The van der Waals surface area contributed by atoms with E-state index in [1.54, 1.807) is 42.5 Å². The van der Waals surface area contributed by atoms with Gasteiger partial charge in [-0.3, -0.25) is 14.6 Å². The molecule has 218 valence electrons. The average Bonchev–Trinajstić information content (AvgIpc) is 3.81. The van der Waals surface area contributed by atoms with Crippen LogP contribution in [0.4, 0.5) is 20.2 Å². The molecule has 0 spiro atoms. The molecule has 1 aromatic heterocycles. The summed E-state index contributed by atoms with van der Waals surface area (Å²) in [5.74, 6) is -3.77. The highest BCUT2D eigenvalue weighted by Crippen LogP contribution is 2.33. The lowest BCUT2D eigenvalue weighted by Gasteiger charge is -2.20. The summed E-state index contributed by atoms with van der Waals surface area (Å²) < 4.78 is 61.9. The van der Waals surface area contributed by atoms with Gasteiger partial charge in [-0.2, -0.15) is 0 Å². The number of halogens is 3. The third-order valence-electron chi connectivity index (χ3n) is 6.63. The number of carbonyl (C=O) groups is 1. The maximum Gasteiger partial charge on any atom is 0.277 e. The predicted molar refractivity (Wildman–Crippen MR) is 162 cm³/mol. The minimum Gasteiger partial charge on any atom is -0.352 e. The first-order valence-corrected chi connectivity index (χ1v) is 15.7. The van der Waals surface area contributed by atoms with Crippen LogP contribution in [0.25, 0.3) is 0 Å². The monoisotopic (exact) mass is 704 g/mol. The molecule has 1 saturated carbocycles. The lowest BCUT2D eigenvalue weighted by Crippen LogP contribution is -2.32. The van der Waals surface area contributed by atoms with Crippen molar-refractivity contribution in [2.75, 3.05) is 11.9 Å². The number of aromatic nitrogens is 1. The molecule has 4 aromatic rings. The second kappa shape index (κ2) is 13.2. The smallest absolute Gasteiger partial charge is 0.277 e. The summed E-state index contributed by atoms with van der Waals surface area (Å²) in [4.78, 5) is 21.7. The Morgan fingerprint density at radius 2 is 1.71 bits per heavy atom. The number of carbonyl (C=O) groups excluding carboxylic acids is 1.